The lowest BCUT2D eigenvalue weighted by atomic mass is 9.99. The van der Waals surface area contributed by atoms with Gasteiger partial charge < -0.3 is 26.8 Å². The third kappa shape index (κ3) is 10.5. The normalized spacial score (nSPS) is 15.2. The number of rotatable bonds is 14. The number of nitrogens with one attached hydrogen (secondary N) is 3. The quantitative estimate of drug-likeness (QED) is 0.202. The topological polar surface area (TPSA) is 151 Å². The Hall–Kier alpha value is -1.46. The largest absolute Gasteiger partial charge is 0.480 e. The van der Waals surface area contributed by atoms with Crippen LogP contribution < -0.4 is 21.7 Å². The molecule has 30 heavy (non-hydrogen) atoms. The van der Waals surface area contributed by atoms with Crippen molar-refractivity contribution < 1.29 is 24.3 Å². The predicted octanol–water partition coefficient (Wildman–Crippen LogP) is 0.238. The van der Waals surface area contributed by atoms with Gasteiger partial charge in [-0.25, -0.2) is 4.79 Å². The first kappa shape index (κ1) is 28.5. The summed E-state index contributed by atoms with van der Waals surface area (Å²) in [5.41, 5.74) is 5.66. The maximum Gasteiger partial charge on any atom is 0.326 e. The van der Waals surface area contributed by atoms with Gasteiger partial charge in [0, 0.05) is 5.75 Å². The highest BCUT2D eigenvalue weighted by Gasteiger charge is 2.31. The second-order valence-electron chi connectivity index (χ2n) is 7.89. The summed E-state index contributed by atoms with van der Waals surface area (Å²) in [5, 5.41) is 17.1. The van der Waals surface area contributed by atoms with Gasteiger partial charge in [-0.05, 0) is 36.7 Å². The Morgan fingerprint density at radius 1 is 0.967 bits per heavy atom. The number of hydrogen-bond acceptors (Lipinski definition) is 7. The first-order valence-electron chi connectivity index (χ1n) is 9.93. The Kier molecular flexibility index (Phi) is 13.8. The van der Waals surface area contributed by atoms with E-state index in [0.29, 0.717) is 12.2 Å². The molecular formula is C19H36N4O5S2. The van der Waals surface area contributed by atoms with E-state index < -0.39 is 47.9 Å². The molecule has 0 rings (SSSR count). The molecule has 0 aromatic rings. The summed E-state index contributed by atoms with van der Waals surface area (Å²) >= 11 is 5.47. The Labute approximate surface area is 188 Å². The van der Waals surface area contributed by atoms with Gasteiger partial charge in [0.1, 0.15) is 18.1 Å². The molecule has 6 N–H and O–H groups in total. The van der Waals surface area contributed by atoms with E-state index >= 15 is 0 Å². The molecular weight excluding hydrogens is 428 g/mol. The molecule has 0 spiro atoms. The Balaban J connectivity index is 5.35. The van der Waals surface area contributed by atoms with Crippen molar-refractivity contribution in [1.29, 1.82) is 0 Å². The van der Waals surface area contributed by atoms with Crippen LogP contribution in [0.25, 0.3) is 0 Å². The molecule has 11 heteroatoms. The molecule has 0 fully saturated rings. The molecule has 0 aliphatic carbocycles. The van der Waals surface area contributed by atoms with E-state index in [-0.39, 0.29) is 24.0 Å². The van der Waals surface area contributed by atoms with E-state index in [4.69, 9.17) is 5.73 Å². The Morgan fingerprint density at radius 3 is 1.97 bits per heavy atom. The highest BCUT2D eigenvalue weighted by Crippen LogP contribution is 2.09. The molecule has 4 atom stereocenters. The standard InChI is InChI=1S/C19H36N4O5S2/c1-10(2)8-14(17(25)21-13(19(27)28)6-7-30-5)22-18(26)15(11(3)4)23-16(24)12(20)9-29/h10-15,29H,6-9,20H2,1-5H3,(H,21,25)(H,22,26)(H,23,24)(H,27,28). The lowest BCUT2D eigenvalue weighted by molar-refractivity contribution is -0.142. The van der Waals surface area contributed by atoms with Gasteiger partial charge >= 0.3 is 5.97 Å². The van der Waals surface area contributed by atoms with E-state index in [2.05, 4.69) is 28.6 Å². The van der Waals surface area contributed by atoms with Crippen LogP contribution in [-0.4, -0.2) is 70.7 Å². The fourth-order valence-corrected chi connectivity index (χ4v) is 3.25. The summed E-state index contributed by atoms with van der Waals surface area (Å²) < 4.78 is 0. The average molecular weight is 465 g/mol. The number of amides is 3. The van der Waals surface area contributed by atoms with Gasteiger partial charge in [0.15, 0.2) is 0 Å². The second kappa shape index (κ2) is 14.5. The van der Waals surface area contributed by atoms with Gasteiger partial charge in [-0.1, -0.05) is 27.7 Å². The maximum atomic E-state index is 12.8. The van der Waals surface area contributed by atoms with Gasteiger partial charge in [0.05, 0.1) is 6.04 Å². The number of thiol groups is 1. The summed E-state index contributed by atoms with van der Waals surface area (Å²) in [6.07, 6.45) is 2.45. The highest BCUT2D eigenvalue weighted by molar-refractivity contribution is 7.98. The predicted molar refractivity (Wildman–Crippen MR) is 123 cm³/mol. The van der Waals surface area contributed by atoms with Crippen molar-refractivity contribution in [2.75, 3.05) is 17.8 Å². The van der Waals surface area contributed by atoms with E-state index in [0.717, 1.165) is 0 Å². The van der Waals surface area contributed by atoms with Crippen LogP contribution in [0.5, 0.6) is 0 Å². The minimum atomic E-state index is -1.12. The molecule has 0 radical (unpaired) electrons. The number of carboxylic acid groups (broad SMARTS) is 1. The average Bonchev–Trinajstić information content (AvgIpc) is 2.66. The molecule has 174 valence electrons. The van der Waals surface area contributed by atoms with Crippen LogP contribution in [0, 0.1) is 11.8 Å². The van der Waals surface area contributed by atoms with E-state index in [1.807, 2.05) is 20.1 Å². The number of nitrogens with two attached hydrogens (primary N) is 1. The van der Waals surface area contributed by atoms with Crippen molar-refractivity contribution in [3.05, 3.63) is 0 Å². The highest BCUT2D eigenvalue weighted by atomic mass is 32.2. The fraction of sp³-hybridized carbons (Fsp3) is 0.789. The van der Waals surface area contributed by atoms with Crippen molar-refractivity contribution in [1.82, 2.24) is 16.0 Å². The van der Waals surface area contributed by atoms with Gasteiger partial charge in [-0.2, -0.15) is 24.4 Å². The van der Waals surface area contributed by atoms with E-state index in [9.17, 15) is 24.3 Å². The summed E-state index contributed by atoms with van der Waals surface area (Å²) in [7, 11) is 0. The summed E-state index contributed by atoms with van der Waals surface area (Å²) in [6, 6.07) is -3.71. The molecule has 9 nitrogen and oxygen atoms in total. The number of carboxylic acids is 1. The third-order valence-corrected chi connectivity index (χ3v) is 5.38. The zero-order chi connectivity index (χ0) is 23.4. The molecule has 0 saturated heterocycles. The van der Waals surface area contributed by atoms with Crippen LogP contribution in [0.3, 0.4) is 0 Å². The van der Waals surface area contributed by atoms with Crippen molar-refractivity contribution in [2.24, 2.45) is 17.6 Å². The molecule has 0 heterocycles. The summed E-state index contributed by atoms with van der Waals surface area (Å²) in [4.78, 5) is 49.1. The Bertz CT molecular complexity index is 589. The van der Waals surface area contributed by atoms with Gasteiger partial charge in [0.2, 0.25) is 17.7 Å². The van der Waals surface area contributed by atoms with E-state index in [1.165, 1.54) is 11.8 Å². The monoisotopic (exact) mass is 464 g/mol. The molecule has 3 amide bonds. The molecule has 0 aromatic carbocycles. The molecule has 0 aliphatic heterocycles. The molecule has 0 bridgehead atoms. The molecule has 4 unspecified atom stereocenters. The van der Waals surface area contributed by atoms with Gasteiger partial charge in [-0.3, -0.25) is 14.4 Å². The lowest BCUT2D eigenvalue weighted by Gasteiger charge is -2.27. The number of hydrogen-bond donors (Lipinski definition) is 6. The minimum Gasteiger partial charge on any atom is -0.480 e. The zero-order valence-corrected chi connectivity index (χ0v) is 20.0. The number of carbonyl (C=O) groups is 4. The van der Waals surface area contributed by atoms with Crippen LogP contribution in [0.1, 0.15) is 40.5 Å². The van der Waals surface area contributed by atoms with Crippen molar-refractivity contribution in [2.45, 2.75) is 64.7 Å². The fourth-order valence-electron chi connectivity index (χ4n) is 2.61. The Morgan fingerprint density at radius 2 is 1.53 bits per heavy atom. The first-order valence-corrected chi connectivity index (χ1v) is 12.0. The van der Waals surface area contributed by atoms with Crippen LogP contribution in [-0.2, 0) is 19.2 Å². The van der Waals surface area contributed by atoms with Crippen LogP contribution >= 0.6 is 24.4 Å². The minimum absolute atomic E-state index is 0.0696. The van der Waals surface area contributed by atoms with Crippen molar-refractivity contribution in [3.63, 3.8) is 0 Å². The number of aliphatic carboxylic acids is 1. The smallest absolute Gasteiger partial charge is 0.326 e. The van der Waals surface area contributed by atoms with Gasteiger partial charge in [-0.15, -0.1) is 0 Å². The van der Waals surface area contributed by atoms with Crippen LogP contribution in [0.15, 0.2) is 0 Å². The van der Waals surface area contributed by atoms with E-state index in [1.54, 1.807) is 13.8 Å². The van der Waals surface area contributed by atoms with Crippen molar-refractivity contribution >= 4 is 48.1 Å². The van der Waals surface area contributed by atoms with Crippen LogP contribution in [0.2, 0.25) is 0 Å². The molecule has 0 saturated carbocycles. The summed E-state index contributed by atoms with van der Waals surface area (Å²) in [6.45, 7) is 7.30. The maximum absolute atomic E-state index is 12.8. The number of thioether (sulfide) groups is 1. The zero-order valence-electron chi connectivity index (χ0n) is 18.3. The summed E-state index contributed by atoms with van der Waals surface area (Å²) in [5.74, 6) is -2.20. The number of carbonyl (C=O) groups excluding carboxylic acids is 3. The first-order chi connectivity index (χ1) is 13.9. The molecule has 0 aliphatic rings. The SMILES string of the molecule is CSCCC(NC(=O)C(CC(C)C)NC(=O)C(NC(=O)C(N)CS)C(C)C)C(=O)O. The lowest BCUT2D eigenvalue weighted by Crippen LogP contribution is -2.58. The third-order valence-electron chi connectivity index (χ3n) is 4.35. The second-order valence-corrected chi connectivity index (χ2v) is 9.24. The van der Waals surface area contributed by atoms with Gasteiger partial charge in [0.25, 0.3) is 0 Å². The van der Waals surface area contributed by atoms with Crippen LogP contribution in [0.4, 0.5) is 0 Å². The van der Waals surface area contributed by atoms with Crippen molar-refractivity contribution in [3.8, 4) is 0 Å². The molecule has 0 aromatic heterocycles.